The largest absolute Gasteiger partial charge is 0.492 e. The van der Waals surface area contributed by atoms with Crippen molar-refractivity contribution in [3.8, 4) is 5.75 Å². The number of nitrogens with zero attached hydrogens (tertiary/aromatic N) is 1. The van der Waals surface area contributed by atoms with Gasteiger partial charge in [0.2, 0.25) is 0 Å². The fraction of sp³-hybridized carbons (Fsp3) is 0.615. The topological polar surface area (TPSA) is 34.1 Å². The molecule has 0 spiro atoms. The van der Waals surface area contributed by atoms with Crippen LogP contribution in [0.5, 0.6) is 5.75 Å². The predicted molar refractivity (Wildman–Crippen MR) is 66.9 cm³/mol. The molecule has 1 rings (SSSR count). The Bertz CT molecular complexity index is 290. The van der Waals surface area contributed by atoms with Crippen molar-refractivity contribution in [2.45, 2.75) is 32.7 Å². The van der Waals surface area contributed by atoms with E-state index < -0.39 is 0 Å². The molecule has 0 fully saturated rings. The van der Waals surface area contributed by atoms with Crippen LogP contribution in [-0.2, 0) is 6.54 Å². The summed E-state index contributed by atoms with van der Waals surface area (Å²) in [6.07, 6.45) is 4.14. The number of rotatable bonds is 9. The minimum Gasteiger partial charge on any atom is -0.492 e. The van der Waals surface area contributed by atoms with Gasteiger partial charge in [-0.2, -0.15) is 0 Å². The van der Waals surface area contributed by atoms with Crippen molar-refractivity contribution in [3.63, 3.8) is 0 Å². The Morgan fingerprint density at radius 1 is 1.29 bits per heavy atom. The fourth-order valence-corrected chi connectivity index (χ4v) is 1.42. The van der Waals surface area contributed by atoms with E-state index >= 15 is 0 Å². The van der Waals surface area contributed by atoms with Crippen molar-refractivity contribution in [2.75, 3.05) is 19.8 Å². The van der Waals surface area contributed by atoms with Gasteiger partial charge in [-0.1, -0.05) is 6.92 Å². The molecule has 0 saturated heterocycles. The molecule has 0 aromatic carbocycles. The van der Waals surface area contributed by atoms with Crippen LogP contribution in [0.3, 0.4) is 0 Å². The molecule has 0 unspecified atom stereocenters. The van der Waals surface area contributed by atoms with E-state index in [0.29, 0.717) is 13.0 Å². The average Bonchev–Trinajstić information content (AvgIpc) is 2.37. The molecule has 3 nitrogen and oxygen atoms in total. The lowest BCUT2D eigenvalue weighted by atomic mass is 10.2. The predicted octanol–water partition coefficient (Wildman–Crippen LogP) is 2.71. The first-order valence-corrected chi connectivity index (χ1v) is 6.21. The molecule has 1 heterocycles. The Kier molecular flexibility index (Phi) is 7.30. The summed E-state index contributed by atoms with van der Waals surface area (Å²) in [5.74, 6) is 0.783. The molecule has 0 atom stereocenters. The molecule has 96 valence electrons. The number of unbranched alkanes of at least 4 members (excludes halogenated alkanes) is 2. The molecule has 0 amide bonds. The van der Waals surface area contributed by atoms with E-state index in [1.54, 1.807) is 6.20 Å². The number of pyridine rings is 1. The van der Waals surface area contributed by atoms with Crippen LogP contribution in [0.15, 0.2) is 18.3 Å². The van der Waals surface area contributed by atoms with Crippen LogP contribution in [0.4, 0.5) is 4.39 Å². The molecule has 1 aromatic rings. The number of nitrogens with one attached hydrogen (secondary N) is 1. The molecule has 4 heteroatoms. The Labute approximate surface area is 102 Å². The number of ether oxygens (including phenoxy) is 1. The third-order valence-corrected chi connectivity index (χ3v) is 2.40. The molecule has 0 bridgehead atoms. The van der Waals surface area contributed by atoms with Gasteiger partial charge in [-0.3, -0.25) is 9.37 Å². The van der Waals surface area contributed by atoms with Crippen LogP contribution in [0.1, 0.15) is 31.9 Å². The Balaban J connectivity index is 2.20. The van der Waals surface area contributed by atoms with Crippen LogP contribution >= 0.6 is 0 Å². The van der Waals surface area contributed by atoms with Gasteiger partial charge in [0.05, 0.1) is 25.2 Å². The van der Waals surface area contributed by atoms with Crippen LogP contribution in [0.25, 0.3) is 0 Å². The fourth-order valence-electron chi connectivity index (χ4n) is 1.42. The summed E-state index contributed by atoms with van der Waals surface area (Å²) >= 11 is 0. The van der Waals surface area contributed by atoms with Gasteiger partial charge >= 0.3 is 0 Å². The number of halogens is 1. The Morgan fingerprint density at radius 3 is 2.82 bits per heavy atom. The average molecular weight is 240 g/mol. The smallest absolute Gasteiger partial charge is 0.137 e. The number of hydrogen-bond donors (Lipinski definition) is 1. The molecule has 0 aliphatic rings. The maximum atomic E-state index is 11.8. The van der Waals surface area contributed by atoms with Crippen LogP contribution < -0.4 is 10.1 Å². The van der Waals surface area contributed by atoms with E-state index in [0.717, 1.165) is 37.4 Å². The quantitative estimate of drug-likeness (QED) is 0.674. The molecule has 17 heavy (non-hydrogen) atoms. The van der Waals surface area contributed by atoms with E-state index in [1.807, 2.05) is 12.1 Å². The zero-order valence-electron chi connectivity index (χ0n) is 10.4. The molecule has 1 aromatic heterocycles. The lowest BCUT2D eigenvalue weighted by Crippen LogP contribution is -2.12. The number of hydrogen-bond acceptors (Lipinski definition) is 3. The summed E-state index contributed by atoms with van der Waals surface area (Å²) in [6, 6.07) is 3.88. The van der Waals surface area contributed by atoms with Gasteiger partial charge in [0, 0.05) is 6.54 Å². The summed E-state index contributed by atoms with van der Waals surface area (Å²) < 4.78 is 17.3. The highest BCUT2D eigenvalue weighted by molar-refractivity contribution is 5.19. The maximum absolute atomic E-state index is 11.8. The van der Waals surface area contributed by atoms with E-state index in [9.17, 15) is 4.39 Å². The van der Waals surface area contributed by atoms with Gasteiger partial charge in [0.1, 0.15) is 5.75 Å². The number of aromatic nitrogens is 1. The zero-order valence-corrected chi connectivity index (χ0v) is 10.4. The lowest BCUT2D eigenvalue weighted by molar-refractivity contribution is 0.300. The third-order valence-electron chi connectivity index (χ3n) is 2.40. The van der Waals surface area contributed by atoms with Crippen molar-refractivity contribution in [2.24, 2.45) is 0 Å². The van der Waals surface area contributed by atoms with Crippen molar-refractivity contribution in [1.82, 2.24) is 10.3 Å². The van der Waals surface area contributed by atoms with Gasteiger partial charge in [-0.05, 0) is 37.9 Å². The first-order chi connectivity index (χ1) is 8.36. The second kappa shape index (κ2) is 8.93. The van der Waals surface area contributed by atoms with Crippen LogP contribution in [-0.4, -0.2) is 24.8 Å². The van der Waals surface area contributed by atoms with E-state index in [4.69, 9.17) is 4.74 Å². The van der Waals surface area contributed by atoms with Gasteiger partial charge in [0.15, 0.2) is 0 Å². The maximum Gasteiger partial charge on any atom is 0.137 e. The molecular formula is C13H21FN2O. The highest BCUT2D eigenvalue weighted by atomic mass is 19.1. The lowest BCUT2D eigenvalue weighted by Gasteiger charge is -2.06. The third kappa shape index (κ3) is 6.22. The van der Waals surface area contributed by atoms with Crippen molar-refractivity contribution < 1.29 is 9.13 Å². The first kappa shape index (κ1) is 13.9. The summed E-state index contributed by atoms with van der Waals surface area (Å²) in [6.45, 7) is 4.19. The molecule has 0 aliphatic carbocycles. The molecule has 0 saturated carbocycles. The van der Waals surface area contributed by atoms with Crippen molar-refractivity contribution >= 4 is 0 Å². The van der Waals surface area contributed by atoms with Crippen LogP contribution in [0.2, 0.25) is 0 Å². The normalized spacial score (nSPS) is 10.5. The summed E-state index contributed by atoms with van der Waals surface area (Å²) in [5, 5.41) is 3.21. The highest BCUT2D eigenvalue weighted by Gasteiger charge is 1.96. The van der Waals surface area contributed by atoms with Gasteiger partial charge in [0.25, 0.3) is 0 Å². The molecule has 1 N–H and O–H groups in total. The Hall–Kier alpha value is -1.16. The van der Waals surface area contributed by atoms with Crippen molar-refractivity contribution in [3.05, 3.63) is 24.0 Å². The Morgan fingerprint density at radius 2 is 2.18 bits per heavy atom. The van der Waals surface area contributed by atoms with Crippen molar-refractivity contribution in [1.29, 1.82) is 0 Å². The molecule has 0 aliphatic heterocycles. The second-order valence-corrected chi connectivity index (χ2v) is 3.86. The second-order valence-electron chi connectivity index (χ2n) is 3.86. The number of alkyl halides is 1. The van der Waals surface area contributed by atoms with E-state index in [2.05, 4.69) is 17.2 Å². The summed E-state index contributed by atoms with van der Waals surface area (Å²) in [5.41, 5.74) is 1.01. The standard InChI is InChI=1S/C13H21FN2O/c1-2-15-10-12-6-7-13(11-16-12)17-9-5-3-4-8-14/h6-7,11,15H,2-5,8-10H2,1H3. The van der Waals surface area contributed by atoms with E-state index in [-0.39, 0.29) is 6.67 Å². The SMILES string of the molecule is CCNCc1ccc(OCCCCCF)cn1. The molecule has 0 radical (unpaired) electrons. The minimum atomic E-state index is -0.235. The molecular weight excluding hydrogens is 219 g/mol. The summed E-state index contributed by atoms with van der Waals surface area (Å²) in [7, 11) is 0. The monoisotopic (exact) mass is 240 g/mol. The zero-order chi connectivity index (χ0) is 12.3. The van der Waals surface area contributed by atoms with Crippen LogP contribution in [0, 0.1) is 0 Å². The minimum absolute atomic E-state index is 0.235. The van der Waals surface area contributed by atoms with Gasteiger partial charge in [-0.15, -0.1) is 0 Å². The van der Waals surface area contributed by atoms with Gasteiger partial charge < -0.3 is 10.1 Å². The van der Waals surface area contributed by atoms with Gasteiger partial charge in [-0.25, -0.2) is 0 Å². The highest BCUT2D eigenvalue weighted by Crippen LogP contribution is 2.10. The summed E-state index contributed by atoms with van der Waals surface area (Å²) in [4.78, 5) is 4.28. The van der Waals surface area contributed by atoms with E-state index in [1.165, 1.54) is 0 Å². The first-order valence-electron chi connectivity index (χ1n) is 6.21.